The van der Waals surface area contributed by atoms with E-state index in [1.807, 2.05) is 0 Å². The summed E-state index contributed by atoms with van der Waals surface area (Å²) in [7, 11) is 2.77. The molecule has 0 spiro atoms. The molecule has 2 rings (SSSR count). The normalized spacial score (nSPS) is 11.8. The Kier molecular flexibility index (Phi) is 6.54. The number of aryl methyl sites for hydroxylation is 2. The minimum atomic E-state index is 0.490. The molecule has 0 bridgehead atoms. The highest BCUT2D eigenvalue weighted by Crippen LogP contribution is 2.33. The number of allylic oxidation sites excluding steroid dienone is 1. The first kappa shape index (κ1) is 19.8. The molecule has 0 aliphatic carbocycles. The summed E-state index contributed by atoms with van der Waals surface area (Å²) in [5.41, 5.74) is 7.27. The van der Waals surface area contributed by atoms with Crippen LogP contribution in [0.25, 0.3) is 5.70 Å². The molecule has 0 radical (unpaired) electrons. The van der Waals surface area contributed by atoms with Crippen LogP contribution in [0.4, 0.5) is 5.69 Å². The third-order valence-electron chi connectivity index (χ3n) is 4.48. The summed E-state index contributed by atoms with van der Waals surface area (Å²) in [6.07, 6.45) is 2.13. The monoisotopic (exact) mass is 369 g/mol. The molecule has 0 N–H and O–H groups in total. The van der Waals surface area contributed by atoms with Gasteiger partial charge >= 0.3 is 0 Å². The van der Waals surface area contributed by atoms with Crippen LogP contribution in [0.5, 0.6) is 0 Å². The van der Waals surface area contributed by atoms with Crippen LogP contribution >= 0.6 is 21.9 Å². The van der Waals surface area contributed by atoms with Crippen molar-refractivity contribution < 1.29 is 0 Å². The van der Waals surface area contributed by atoms with Gasteiger partial charge in [0, 0.05) is 11.4 Å². The summed E-state index contributed by atoms with van der Waals surface area (Å²) in [5.74, 6) is 0.490. The Labute approximate surface area is 160 Å². The van der Waals surface area contributed by atoms with E-state index in [4.69, 9.17) is 0 Å². The highest BCUT2D eigenvalue weighted by Gasteiger charge is 2.17. The van der Waals surface area contributed by atoms with Crippen LogP contribution < -0.4 is 10.2 Å². The van der Waals surface area contributed by atoms with Crippen molar-refractivity contribution in [1.82, 2.24) is 0 Å². The molecule has 0 aliphatic rings. The second-order valence-corrected chi connectivity index (χ2v) is 7.83. The van der Waals surface area contributed by atoms with Crippen molar-refractivity contribution in [3.63, 3.8) is 0 Å². The lowest BCUT2D eigenvalue weighted by molar-refractivity contribution is 0.855. The minimum Gasteiger partial charge on any atom is -0.305 e. The third-order valence-corrected chi connectivity index (χ3v) is 5.33. The first-order chi connectivity index (χ1) is 11.8. The topological polar surface area (TPSA) is 3.24 Å². The maximum absolute atomic E-state index is 4.58. The van der Waals surface area contributed by atoms with Gasteiger partial charge in [0.15, 0.2) is 0 Å². The van der Waals surface area contributed by atoms with Gasteiger partial charge < -0.3 is 4.90 Å². The lowest BCUT2D eigenvalue weighted by atomic mass is 9.94. The molecule has 1 nitrogen and oxygen atoms in total. The predicted octanol–water partition coefficient (Wildman–Crippen LogP) is 6.20. The van der Waals surface area contributed by atoms with E-state index >= 15 is 0 Å². The zero-order valence-corrected chi connectivity index (χ0v) is 17.8. The number of hydrogen-bond donors (Lipinski definition) is 1. The molecule has 2 aromatic carbocycles. The number of hydrogen-bond acceptors (Lipinski definition) is 2. The van der Waals surface area contributed by atoms with Crippen molar-refractivity contribution in [3.8, 4) is 0 Å². The molecule has 3 heteroatoms. The van der Waals surface area contributed by atoms with Gasteiger partial charge in [-0.2, -0.15) is 0 Å². The van der Waals surface area contributed by atoms with Crippen LogP contribution in [0.1, 0.15) is 48.9 Å². The summed E-state index contributed by atoms with van der Waals surface area (Å²) in [6.45, 7) is 14.9. The van der Waals surface area contributed by atoms with Crippen LogP contribution in [0, 0.1) is 13.8 Å². The lowest BCUT2D eigenvalue weighted by Crippen LogP contribution is -2.18. The van der Waals surface area contributed by atoms with Crippen molar-refractivity contribution >= 4 is 38.6 Å². The smallest absolute Gasteiger partial charge is 0.0694 e. The fraction of sp³-hybridized carbons (Fsp3) is 0.273. The fourth-order valence-electron chi connectivity index (χ4n) is 3.07. The summed E-state index contributed by atoms with van der Waals surface area (Å²) in [5, 5.41) is 1.91. The molecule has 25 heavy (non-hydrogen) atoms. The molecule has 0 aromatic heterocycles. The number of benzene rings is 2. The van der Waals surface area contributed by atoms with Crippen molar-refractivity contribution in [2.24, 2.45) is 0 Å². The highest BCUT2D eigenvalue weighted by molar-refractivity contribution is 7.84. The number of rotatable bonds is 5. The van der Waals surface area contributed by atoms with E-state index in [0.717, 1.165) is 11.4 Å². The summed E-state index contributed by atoms with van der Waals surface area (Å²) in [4.78, 5) is 2.11. The summed E-state index contributed by atoms with van der Waals surface area (Å²) in [6, 6.07) is 13.1. The van der Waals surface area contributed by atoms with Crippen molar-refractivity contribution in [2.75, 3.05) is 4.90 Å². The largest absolute Gasteiger partial charge is 0.305 e. The molecule has 0 aliphatic heterocycles. The molecular formula is C22H28NPS. The average molecular weight is 370 g/mol. The summed E-state index contributed by atoms with van der Waals surface area (Å²) < 4.78 is 0. The van der Waals surface area contributed by atoms with Gasteiger partial charge in [0.25, 0.3) is 0 Å². The van der Waals surface area contributed by atoms with E-state index < -0.39 is 0 Å². The quantitative estimate of drug-likeness (QED) is 0.485. The Morgan fingerprint density at radius 1 is 1.12 bits per heavy atom. The standard InChI is InChI=1S/C22H28NPS/c1-7-21(18-9-8-15(4)20(13-18)14(2)3)23(17(6)25)19-10-11-22(24)16(5)12-19/h7-14,25H,6,24H2,1-5H3/b21-7-. The van der Waals surface area contributed by atoms with Gasteiger partial charge in [-0.05, 0) is 72.4 Å². The summed E-state index contributed by atoms with van der Waals surface area (Å²) >= 11 is 4.58. The van der Waals surface area contributed by atoms with Gasteiger partial charge in [0.1, 0.15) is 0 Å². The van der Waals surface area contributed by atoms with Crippen LogP contribution in [-0.4, -0.2) is 0 Å². The Bertz CT molecular complexity index is 821. The van der Waals surface area contributed by atoms with Gasteiger partial charge in [-0.25, -0.2) is 0 Å². The zero-order chi connectivity index (χ0) is 18.7. The van der Waals surface area contributed by atoms with Crippen molar-refractivity contribution in [2.45, 2.75) is 40.5 Å². The van der Waals surface area contributed by atoms with E-state index in [0.29, 0.717) is 10.9 Å². The first-order valence-electron chi connectivity index (χ1n) is 8.57. The molecule has 0 amide bonds. The Morgan fingerprint density at radius 3 is 2.32 bits per heavy atom. The first-order valence-corrected chi connectivity index (χ1v) is 9.60. The van der Waals surface area contributed by atoms with E-state index in [1.165, 1.54) is 27.6 Å². The highest BCUT2D eigenvalue weighted by atomic mass is 32.1. The number of anilines is 1. The Balaban J connectivity index is 2.58. The van der Waals surface area contributed by atoms with Crippen LogP contribution in [0.15, 0.2) is 54.1 Å². The molecule has 1 unspecified atom stereocenters. The lowest BCUT2D eigenvalue weighted by Gasteiger charge is -2.28. The number of thiol groups is 1. The van der Waals surface area contributed by atoms with E-state index in [9.17, 15) is 0 Å². The maximum atomic E-state index is 4.58. The second-order valence-electron chi connectivity index (χ2n) is 6.69. The van der Waals surface area contributed by atoms with E-state index in [2.05, 4.69) is 110 Å². The van der Waals surface area contributed by atoms with Crippen molar-refractivity contribution in [3.05, 3.63) is 76.3 Å². The van der Waals surface area contributed by atoms with Gasteiger partial charge in [0.2, 0.25) is 0 Å². The molecule has 0 saturated carbocycles. The molecule has 0 saturated heterocycles. The fourth-order valence-corrected chi connectivity index (χ4v) is 3.48. The Hall–Kier alpha value is -1.50. The molecule has 2 aromatic rings. The average Bonchev–Trinajstić information content (AvgIpc) is 2.55. The predicted molar refractivity (Wildman–Crippen MR) is 120 cm³/mol. The van der Waals surface area contributed by atoms with Gasteiger partial charge in [-0.15, -0.1) is 21.9 Å². The van der Waals surface area contributed by atoms with Gasteiger partial charge in [0.05, 0.1) is 5.03 Å². The maximum Gasteiger partial charge on any atom is 0.0694 e. The SMILES string of the molecule is C=C(S)N(/C(=C\C)c1ccc(C)c(C(C)C)c1)c1ccc(P)c(C)c1. The molecule has 0 fully saturated rings. The van der Waals surface area contributed by atoms with Gasteiger partial charge in [-0.3, -0.25) is 0 Å². The van der Waals surface area contributed by atoms with Gasteiger partial charge in [-0.1, -0.05) is 44.7 Å². The third kappa shape index (κ3) is 4.37. The van der Waals surface area contributed by atoms with Crippen LogP contribution in [0.2, 0.25) is 0 Å². The van der Waals surface area contributed by atoms with Crippen LogP contribution in [-0.2, 0) is 0 Å². The second kappa shape index (κ2) is 8.25. The zero-order valence-electron chi connectivity index (χ0n) is 15.8. The minimum absolute atomic E-state index is 0.490. The van der Waals surface area contributed by atoms with Crippen LogP contribution in [0.3, 0.4) is 0 Å². The molecular weight excluding hydrogens is 341 g/mol. The van der Waals surface area contributed by atoms with E-state index in [1.54, 1.807) is 0 Å². The number of nitrogens with zero attached hydrogens (tertiary/aromatic N) is 1. The Morgan fingerprint density at radius 2 is 1.80 bits per heavy atom. The van der Waals surface area contributed by atoms with Crippen molar-refractivity contribution in [1.29, 1.82) is 0 Å². The molecule has 1 atom stereocenters. The molecule has 132 valence electrons. The van der Waals surface area contributed by atoms with E-state index in [-0.39, 0.29) is 0 Å². The molecule has 0 heterocycles.